The molecule has 0 radical (unpaired) electrons. The Hall–Kier alpha value is -0.970. The normalized spacial score (nSPS) is 15.2. The molecule has 0 aliphatic carbocycles. The van der Waals surface area contributed by atoms with Crippen LogP contribution >= 0.6 is 0 Å². The van der Waals surface area contributed by atoms with E-state index in [2.05, 4.69) is 0 Å². The second kappa shape index (κ2) is 4.50. The number of hydrogen-bond acceptors (Lipinski definition) is 3. The van der Waals surface area contributed by atoms with Gasteiger partial charge in [-0.05, 0) is 18.6 Å². The fourth-order valence-corrected chi connectivity index (χ4v) is 1.31. The highest BCUT2D eigenvalue weighted by Gasteiger charge is 2.17. The Kier molecular flexibility index (Phi) is 3.57. The van der Waals surface area contributed by atoms with Gasteiger partial charge in [-0.15, -0.1) is 0 Å². The summed E-state index contributed by atoms with van der Waals surface area (Å²) in [5.74, 6) is -0.499. The van der Waals surface area contributed by atoms with Crippen LogP contribution in [0.2, 0.25) is 0 Å². The van der Waals surface area contributed by atoms with Crippen molar-refractivity contribution < 1.29 is 14.6 Å². The van der Waals surface area contributed by atoms with Crippen molar-refractivity contribution in [1.82, 2.24) is 0 Å². The van der Waals surface area contributed by atoms with Gasteiger partial charge in [-0.1, -0.05) is 12.1 Å². The molecule has 0 amide bonds. The molecular weight excluding hydrogens is 185 g/mol. The monoisotopic (exact) mass is 199 g/mol. The lowest BCUT2D eigenvalue weighted by Crippen LogP contribution is -2.24. The van der Waals surface area contributed by atoms with Crippen LogP contribution in [0.4, 0.5) is 4.39 Å². The molecule has 1 rings (SSSR count). The minimum absolute atomic E-state index is 0.154. The van der Waals surface area contributed by atoms with E-state index in [4.69, 9.17) is 10.8 Å². The van der Waals surface area contributed by atoms with E-state index in [1.165, 1.54) is 19.1 Å². The Balaban J connectivity index is 3.13. The van der Waals surface area contributed by atoms with Gasteiger partial charge in [0.25, 0.3) is 0 Å². The van der Waals surface area contributed by atoms with Crippen molar-refractivity contribution in [2.24, 2.45) is 5.73 Å². The van der Waals surface area contributed by atoms with Crippen LogP contribution in [-0.2, 0) is 6.61 Å². The highest BCUT2D eigenvalue weighted by atomic mass is 19.1. The van der Waals surface area contributed by atoms with Gasteiger partial charge in [0.2, 0.25) is 0 Å². The molecule has 4 N–H and O–H groups in total. The Labute approximate surface area is 82.0 Å². The summed E-state index contributed by atoms with van der Waals surface area (Å²) < 4.78 is 13.2. The molecule has 0 unspecified atom stereocenters. The molecule has 2 atom stereocenters. The quantitative estimate of drug-likeness (QED) is 0.671. The number of nitrogens with two attached hydrogens (primary N) is 1. The van der Waals surface area contributed by atoms with Crippen molar-refractivity contribution >= 4 is 0 Å². The fraction of sp³-hybridized carbons (Fsp3) is 0.400. The zero-order valence-electron chi connectivity index (χ0n) is 7.94. The van der Waals surface area contributed by atoms with Gasteiger partial charge in [-0.3, -0.25) is 0 Å². The molecule has 0 aliphatic rings. The van der Waals surface area contributed by atoms with E-state index in [0.717, 1.165) is 0 Å². The molecule has 0 fully saturated rings. The van der Waals surface area contributed by atoms with Crippen molar-refractivity contribution in [1.29, 1.82) is 0 Å². The summed E-state index contributed by atoms with van der Waals surface area (Å²) in [6, 6.07) is 3.69. The van der Waals surface area contributed by atoms with Crippen LogP contribution in [0.25, 0.3) is 0 Å². The molecule has 3 nitrogen and oxygen atoms in total. The minimum Gasteiger partial charge on any atom is -0.392 e. The SMILES string of the molecule is C[C@H](O)[C@@H](N)c1cccc(F)c1CO. The first-order chi connectivity index (χ1) is 6.57. The van der Waals surface area contributed by atoms with Crippen molar-refractivity contribution in [2.45, 2.75) is 25.7 Å². The predicted molar refractivity (Wildman–Crippen MR) is 50.9 cm³/mol. The Bertz CT molecular complexity index is 315. The molecule has 1 aromatic rings. The molecule has 0 aromatic heterocycles. The first kappa shape index (κ1) is 11.1. The van der Waals surface area contributed by atoms with Gasteiger partial charge in [-0.2, -0.15) is 0 Å². The average molecular weight is 199 g/mol. The Morgan fingerprint density at radius 2 is 2.14 bits per heavy atom. The van der Waals surface area contributed by atoms with Gasteiger partial charge in [-0.25, -0.2) is 4.39 Å². The molecule has 0 saturated carbocycles. The van der Waals surface area contributed by atoms with Crippen molar-refractivity contribution in [3.63, 3.8) is 0 Å². The average Bonchev–Trinajstić information content (AvgIpc) is 2.16. The van der Waals surface area contributed by atoms with Crippen LogP contribution in [0, 0.1) is 5.82 Å². The van der Waals surface area contributed by atoms with Gasteiger partial charge in [0.05, 0.1) is 18.8 Å². The summed E-state index contributed by atoms with van der Waals surface area (Å²) in [5.41, 5.74) is 6.26. The van der Waals surface area contributed by atoms with E-state index in [1.807, 2.05) is 0 Å². The third-order valence-corrected chi connectivity index (χ3v) is 2.19. The standard InChI is InChI=1S/C10H14FNO2/c1-6(14)10(12)7-3-2-4-9(11)8(7)5-13/h2-4,6,10,13-14H,5,12H2,1H3/t6-,10+/m0/s1. The van der Waals surface area contributed by atoms with E-state index in [-0.39, 0.29) is 5.56 Å². The lowest BCUT2D eigenvalue weighted by molar-refractivity contribution is 0.162. The van der Waals surface area contributed by atoms with Gasteiger partial charge < -0.3 is 15.9 Å². The Morgan fingerprint density at radius 1 is 1.50 bits per heavy atom. The molecule has 4 heteroatoms. The summed E-state index contributed by atoms with van der Waals surface area (Å²) >= 11 is 0. The molecule has 0 heterocycles. The Morgan fingerprint density at radius 3 is 2.64 bits per heavy atom. The first-order valence-corrected chi connectivity index (χ1v) is 4.39. The molecule has 0 spiro atoms. The fourth-order valence-electron chi connectivity index (χ4n) is 1.31. The van der Waals surface area contributed by atoms with Gasteiger partial charge in [0.15, 0.2) is 0 Å². The maximum atomic E-state index is 13.2. The van der Waals surface area contributed by atoms with Crippen molar-refractivity contribution in [3.05, 3.63) is 35.1 Å². The van der Waals surface area contributed by atoms with Crippen LogP contribution in [0.1, 0.15) is 24.1 Å². The van der Waals surface area contributed by atoms with E-state index in [9.17, 15) is 9.50 Å². The topological polar surface area (TPSA) is 66.5 Å². The summed E-state index contributed by atoms with van der Waals surface area (Å²) in [7, 11) is 0. The molecule has 0 bridgehead atoms. The summed E-state index contributed by atoms with van der Waals surface area (Å²) in [6.07, 6.45) is -0.776. The predicted octanol–water partition coefficient (Wildman–Crippen LogP) is 0.699. The van der Waals surface area contributed by atoms with Crippen LogP contribution in [0.3, 0.4) is 0 Å². The maximum Gasteiger partial charge on any atom is 0.129 e. The molecule has 0 saturated heterocycles. The largest absolute Gasteiger partial charge is 0.392 e. The lowest BCUT2D eigenvalue weighted by Gasteiger charge is -2.18. The van der Waals surface area contributed by atoms with Crippen LogP contribution in [0.15, 0.2) is 18.2 Å². The number of aliphatic hydroxyl groups is 2. The highest BCUT2D eigenvalue weighted by Crippen LogP contribution is 2.21. The molecule has 14 heavy (non-hydrogen) atoms. The minimum atomic E-state index is -0.776. The van der Waals surface area contributed by atoms with E-state index in [0.29, 0.717) is 5.56 Å². The summed E-state index contributed by atoms with van der Waals surface area (Å²) in [4.78, 5) is 0. The second-order valence-electron chi connectivity index (χ2n) is 3.23. The third-order valence-electron chi connectivity index (χ3n) is 2.19. The van der Waals surface area contributed by atoms with E-state index >= 15 is 0 Å². The summed E-state index contributed by atoms with van der Waals surface area (Å²) in [5, 5.41) is 18.2. The highest BCUT2D eigenvalue weighted by molar-refractivity contribution is 5.31. The summed E-state index contributed by atoms with van der Waals surface area (Å²) in [6.45, 7) is 1.11. The van der Waals surface area contributed by atoms with Gasteiger partial charge in [0, 0.05) is 5.56 Å². The number of benzene rings is 1. The number of rotatable bonds is 3. The lowest BCUT2D eigenvalue weighted by atomic mass is 9.97. The molecular formula is C10H14FNO2. The molecule has 1 aromatic carbocycles. The number of halogens is 1. The van der Waals surface area contributed by atoms with Crippen molar-refractivity contribution in [2.75, 3.05) is 0 Å². The third kappa shape index (κ3) is 2.09. The smallest absolute Gasteiger partial charge is 0.129 e. The first-order valence-electron chi connectivity index (χ1n) is 4.39. The van der Waals surface area contributed by atoms with Gasteiger partial charge in [0.1, 0.15) is 5.82 Å². The van der Waals surface area contributed by atoms with E-state index < -0.39 is 24.6 Å². The van der Waals surface area contributed by atoms with Crippen LogP contribution in [-0.4, -0.2) is 16.3 Å². The van der Waals surface area contributed by atoms with Crippen molar-refractivity contribution in [3.8, 4) is 0 Å². The zero-order valence-corrected chi connectivity index (χ0v) is 7.94. The second-order valence-corrected chi connectivity index (χ2v) is 3.23. The van der Waals surface area contributed by atoms with Crippen LogP contribution < -0.4 is 5.73 Å². The number of aliphatic hydroxyl groups excluding tert-OH is 2. The zero-order chi connectivity index (χ0) is 10.7. The van der Waals surface area contributed by atoms with Gasteiger partial charge >= 0.3 is 0 Å². The maximum absolute atomic E-state index is 13.2. The molecule has 0 aliphatic heterocycles. The van der Waals surface area contributed by atoms with Crippen LogP contribution in [0.5, 0.6) is 0 Å². The van der Waals surface area contributed by atoms with E-state index in [1.54, 1.807) is 6.07 Å². The number of hydrogen-bond donors (Lipinski definition) is 3. The molecule has 78 valence electrons.